The first-order chi connectivity index (χ1) is 12.9. The minimum absolute atomic E-state index is 0.0185. The molecule has 1 saturated heterocycles. The molecule has 5 heteroatoms. The number of phenolic OH excluding ortho intramolecular Hbond substituents is 1. The van der Waals surface area contributed by atoms with Crippen LogP contribution >= 0.6 is 0 Å². The molecular weight excluding hydrogens is 342 g/mol. The van der Waals surface area contributed by atoms with Gasteiger partial charge in [-0.05, 0) is 63.1 Å². The van der Waals surface area contributed by atoms with Gasteiger partial charge < -0.3 is 20.1 Å². The lowest BCUT2D eigenvalue weighted by Gasteiger charge is -2.60. The molecule has 0 radical (unpaired) electrons. The van der Waals surface area contributed by atoms with Crippen LogP contribution in [0.5, 0.6) is 11.5 Å². The van der Waals surface area contributed by atoms with Gasteiger partial charge >= 0.3 is 0 Å². The second-order valence-electron chi connectivity index (χ2n) is 9.34. The summed E-state index contributed by atoms with van der Waals surface area (Å²) in [5.74, 6) is 1.35. The standard InChI is InChI=1S/C22H31NO4/c1-3-15(24)20-22-9-10-23(12-13-5-4-6-13)17(21(22,2)26)11-14-7-8-16(25)19(27-20)18(14)22/h7-8,13,15,17,20,24-26H,3-6,9-12H2,1-2H3/t15-,17+,20-,21+,22-/m0/s1. The average Bonchev–Trinajstić information content (AvgIpc) is 2.95. The van der Waals surface area contributed by atoms with Crippen molar-refractivity contribution in [1.29, 1.82) is 0 Å². The number of nitrogens with zero attached hydrogens (tertiary/aromatic N) is 1. The number of piperidine rings is 1. The first kappa shape index (κ1) is 17.8. The Balaban J connectivity index is 1.64. The highest BCUT2D eigenvalue weighted by Gasteiger charge is 2.69. The van der Waals surface area contributed by atoms with Crippen LogP contribution in [0.25, 0.3) is 0 Å². The van der Waals surface area contributed by atoms with Crippen molar-refractivity contribution in [3.8, 4) is 11.5 Å². The second-order valence-corrected chi connectivity index (χ2v) is 9.34. The highest BCUT2D eigenvalue weighted by Crippen LogP contribution is 2.62. The first-order valence-corrected chi connectivity index (χ1v) is 10.6. The number of aliphatic hydroxyl groups is 2. The van der Waals surface area contributed by atoms with Gasteiger partial charge in [-0.1, -0.05) is 19.4 Å². The molecule has 2 aliphatic carbocycles. The summed E-state index contributed by atoms with van der Waals surface area (Å²) in [7, 11) is 0. The molecule has 148 valence electrons. The quantitative estimate of drug-likeness (QED) is 0.756. The molecule has 4 aliphatic rings. The van der Waals surface area contributed by atoms with Crippen LogP contribution in [-0.2, 0) is 11.8 Å². The molecule has 3 N–H and O–H groups in total. The van der Waals surface area contributed by atoms with Gasteiger partial charge in [0.25, 0.3) is 0 Å². The van der Waals surface area contributed by atoms with Gasteiger partial charge in [0.1, 0.15) is 6.10 Å². The van der Waals surface area contributed by atoms with E-state index >= 15 is 0 Å². The molecule has 0 aromatic heterocycles. The average molecular weight is 373 g/mol. The van der Waals surface area contributed by atoms with E-state index in [-0.39, 0.29) is 11.8 Å². The summed E-state index contributed by atoms with van der Waals surface area (Å²) in [6.07, 6.45) is 4.80. The highest BCUT2D eigenvalue weighted by molar-refractivity contribution is 5.61. The number of benzene rings is 1. The van der Waals surface area contributed by atoms with Crippen molar-refractivity contribution in [1.82, 2.24) is 4.90 Å². The Labute approximate surface area is 161 Å². The fourth-order valence-corrected chi connectivity index (χ4v) is 6.33. The van der Waals surface area contributed by atoms with Crippen LogP contribution in [0.1, 0.15) is 57.1 Å². The molecule has 5 nitrogen and oxygen atoms in total. The Morgan fingerprint density at radius 1 is 1.33 bits per heavy atom. The van der Waals surface area contributed by atoms with Gasteiger partial charge in [-0.2, -0.15) is 0 Å². The maximum absolute atomic E-state index is 11.9. The Morgan fingerprint density at radius 2 is 2.11 bits per heavy atom. The topological polar surface area (TPSA) is 73.2 Å². The third kappa shape index (κ3) is 2.16. The largest absolute Gasteiger partial charge is 0.504 e. The minimum Gasteiger partial charge on any atom is -0.504 e. The number of likely N-dealkylation sites (tertiary alicyclic amines) is 1. The van der Waals surface area contributed by atoms with Crippen molar-refractivity contribution in [3.63, 3.8) is 0 Å². The summed E-state index contributed by atoms with van der Waals surface area (Å²) < 4.78 is 6.20. The maximum atomic E-state index is 11.9. The van der Waals surface area contributed by atoms with E-state index in [9.17, 15) is 15.3 Å². The third-order valence-electron chi connectivity index (χ3n) is 8.08. The SMILES string of the molecule is CC[C@H](O)[C@@H]1Oc2c(O)ccc3c2[C@@]12CCN(CC1CCC1)[C@H](C3)[C@@]2(C)O. The Hall–Kier alpha value is -1.30. The fraction of sp³-hybridized carbons (Fsp3) is 0.727. The van der Waals surface area contributed by atoms with E-state index in [4.69, 9.17) is 4.74 Å². The Kier molecular flexibility index (Phi) is 3.85. The Morgan fingerprint density at radius 3 is 2.78 bits per heavy atom. The summed E-state index contributed by atoms with van der Waals surface area (Å²) in [5, 5.41) is 33.2. The monoisotopic (exact) mass is 373 g/mol. The van der Waals surface area contributed by atoms with Crippen LogP contribution in [0.2, 0.25) is 0 Å². The van der Waals surface area contributed by atoms with Crippen molar-refractivity contribution in [2.45, 2.75) is 81.6 Å². The maximum Gasteiger partial charge on any atom is 0.165 e. The number of phenols is 1. The zero-order valence-electron chi connectivity index (χ0n) is 16.3. The van der Waals surface area contributed by atoms with Gasteiger partial charge in [-0.25, -0.2) is 0 Å². The number of aliphatic hydroxyl groups excluding tert-OH is 1. The van der Waals surface area contributed by atoms with Crippen molar-refractivity contribution < 1.29 is 20.1 Å². The van der Waals surface area contributed by atoms with Gasteiger partial charge in [0.15, 0.2) is 11.5 Å². The summed E-state index contributed by atoms with van der Waals surface area (Å²) in [5.41, 5.74) is 0.431. The van der Waals surface area contributed by atoms with Gasteiger partial charge in [-0.3, -0.25) is 4.90 Å². The lowest BCUT2D eigenvalue weighted by Crippen LogP contribution is -2.74. The minimum atomic E-state index is -1.01. The normalized spacial score (nSPS) is 38.8. The smallest absolute Gasteiger partial charge is 0.165 e. The van der Waals surface area contributed by atoms with Crippen LogP contribution in [0, 0.1) is 5.92 Å². The molecule has 0 unspecified atom stereocenters. The summed E-state index contributed by atoms with van der Waals surface area (Å²) >= 11 is 0. The molecule has 1 aromatic carbocycles. The van der Waals surface area contributed by atoms with Crippen LogP contribution < -0.4 is 4.74 Å². The zero-order valence-corrected chi connectivity index (χ0v) is 16.3. The molecule has 1 spiro atoms. The van der Waals surface area contributed by atoms with E-state index in [0.29, 0.717) is 12.2 Å². The fourth-order valence-electron chi connectivity index (χ4n) is 6.33. The predicted octanol–water partition coefficient (Wildman–Crippen LogP) is 2.34. The zero-order chi connectivity index (χ0) is 19.0. The van der Waals surface area contributed by atoms with Gasteiger partial charge in [-0.15, -0.1) is 0 Å². The van der Waals surface area contributed by atoms with Gasteiger partial charge in [0.05, 0.1) is 17.1 Å². The molecule has 0 amide bonds. The molecular formula is C22H31NO4. The second kappa shape index (κ2) is 5.85. The van der Waals surface area contributed by atoms with Crippen LogP contribution in [0.3, 0.4) is 0 Å². The molecule has 2 aliphatic heterocycles. The predicted molar refractivity (Wildman–Crippen MR) is 102 cm³/mol. The van der Waals surface area contributed by atoms with E-state index in [2.05, 4.69) is 4.90 Å². The summed E-state index contributed by atoms with van der Waals surface area (Å²) in [4.78, 5) is 2.48. The van der Waals surface area contributed by atoms with Crippen molar-refractivity contribution in [3.05, 3.63) is 23.3 Å². The molecule has 5 atom stereocenters. The van der Waals surface area contributed by atoms with Crippen molar-refractivity contribution in [2.75, 3.05) is 13.1 Å². The van der Waals surface area contributed by atoms with E-state index in [1.807, 2.05) is 19.9 Å². The van der Waals surface area contributed by atoms with Crippen LogP contribution in [0.4, 0.5) is 0 Å². The van der Waals surface area contributed by atoms with E-state index in [0.717, 1.165) is 43.0 Å². The van der Waals surface area contributed by atoms with Crippen LogP contribution in [-0.4, -0.2) is 57.2 Å². The number of fused-ring (bicyclic) bond motifs is 1. The molecule has 2 fully saturated rings. The number of hydrogen-bond acceptors (Lipinski definition) is 5. The summed E-state index contributed by atoms with van der Waals surface area (Å²) in [6.45, 7) is 5.84. The van der Waals surface area contributed by atoms with Crippen molar-refractivity contribution >= 4 is 0 Å². The van der Waals surface area contributed by atoms with Gasteiger partial charge in [0, 0.05) is 18.2 Å². The molecule has 1 saturated carbocycles. The molecule has 2 heterocycles. The molecule has 5 rings (SSSR count). The Bertz CT molecular complexity index is 759. The third-order valence-corrected chi connectivity index (χ3v) is 8.08. The molecule has 2 bridgehead atoms. The van der Waals surface area contributed by atoms with E-state index < -0.39 is 23.2 Å². The number of ether oxygens (including phenoxy) is 1. The lowest BCUT2D eigenvalue weighted by molar-refractivity contribution is -0.172. The number of hydrogen-bond donors (Lipinski definition) is 3. The van der Waals surface area contributed by atoms with E-state index in [1.165, 1.54) is 19.3 Å². The van der Waals surface area contributed by atoms with Gasteiger partial charge in [0.2, 0.25) is 0 Å². The van der Waals surface area contributed by atoms with Crippen LogP contribution in [0.15, 0.2) is 12.1 Å². The number of aromatic hydroxyl groups is 1. The first-order valence-electron chi connectivity index (χ1n) is 10.6. The number of rotatable bonds is 4. The van der Waals surface area contributed by atoms with Crippen molar-refractivity contribution in [2.24, 2.45) is 5.92 Å². The van der Waals surface area contributed by atoms with E-state index in [1.54, 1.807) is 6.07 Å². The highest BCUT2D eigenvalue weighted by atomic mass is 16.5. The molecule has 1 aromatic rings. The lowest BCUT2D eigenvalue weighted by atomic mass is 9.52. The summed E-state index contributed by atoms with van der Waals surface area (Å²) in [6, 6.07) is 3.71. The molecule has 27 heavy (non-hydrogen) atoms.